The third-order valence-electron chi connectivity index (χ3n) is 1.65. The van der Waals surface area contributed by atoms with Crippen molar-refractivity contribution in [3.63, 3.8) is 0 Å². The quantitative estimate of drug-likeness (QED) is 0.564. The Morgan fingerprint density at radius 3 is 2.92 bits per heavy atom. The van der Waals surface area contributed by atoms with Crippen molar-refractivity contribution in [1.82, 2.24) is 0 Å². The van der Waals surface area contributed by atoms with Gasteiger partial charge in [-0.1, -0.05) is 0 Å². The van der Waals surface area contributed by atoms with Crippen LogP contribution in [-0.4, -0.2) is 5.11 Å². The van der Waals surface area contributed by atoms with Crippen LogP contribution in [0.1, 0.15) is 0 Å². The molecule has 0 aliphatic rings. The molecule has 4 heteroatoms. The third-order valence-corrected chi connectivity index (χ3v) is 4.32. The minimum atomic E-state index is 0.252. The van der Waals surface area contributed by atoms with Gasteiger partial charge in [0.25, 0.3) is 0 Å². The van der Waals surface area contributed by atoms with E-state index in [4.69, 9.17) is 0 Å². The average molecular weight is 308 g/mol. The van der Waals surface area contributed by atoms with Crippen LogP contribution >= 0.6 is 46.6 Å². The molecule has 0 amide bonds. The Hall–Kier alpha value is 0.0600. The number of thiophene rings is 1. The summed E-state index contributed by atoms with van der Waals surface area (Å²) in [5.74, 6) is 0.252. The SMILES string of the molecule is Oc1ccc2scc(I)c2c1S. The predicted molar refractivity (Wildman–Crippen MR) is 63.5 cm³/mol. The lowest BCUT2D eigenvalue weighted by Crippen LogP contribution is -1.72. The van der Waals surface area contributed by atoms with E-state index in [9.17, 15) is 5.11 Å². The highest BCUT2D eigenvalue weighted by Gasteiger charge is 2.07. The Balaban J connectivity index is 2.96. The molecule has 1 aromatic heterocycles. The molecule has 0 bridgehead atoms. The number of phenolic OH excluding ortho intramolecular Hbond substituents is 1. The monoisotopic (exact) mass is 308 g/mol. The highest BCUT2D eigenvalue weighted by molar-refractivity contribution is 14.1. The van der Waals surface area contributed by atoms with E-state index in [1.165, 1.54) is 4.70 Å². The average Bonchev–Trinajstić information content (AvgIpc) is 2.41. The number of hydrogen-bond donors (Lipinski definition) is 2. The first-order valence-corrected chi connectivity index (χ1v) is 5.68. The molecule has 0 radical (unpaired) electrons. The molecule has 1 heterocycles. The Labute approximate surface area is 93.0 Å². The van der Waals surface area contributed by atoms with E-state index in [0.717, 1.165) is 8.96 Å². The van der Waals surface area contributed by atoms with Crippen molar-refractivity contribution in [2.24, 2.45) is 0 Å². The van der Waals surface area contributed by atoms with Crippen LogP contribution < -0.4 is 0 Å². The lowest BCUT2D eigenvalue weighted by Gasteiger charge is -1.98. The van der Waals surface area contributed by atoms with Gasteiger partial charge >= 0.3 is 0 Å². The van der Waals surface area contributed by atoms with Crippen LogP contribution in [0.5, 0.6) is 5.75 Å². The summed E-state index contributed by atoms with van der Waals surface area (Å²) < 4.78 is 2.32. The zero-order valence-electron chi connectivity index (χ0n) is 5.91. The van der Waals surface area contributed by atoms with Crippen molar-refractivity contribution in [1.29, 1.82) is 0 Å². The molecule has 0 saturated heterocycles. The Morgan fingerprint density at radius 2 is 2.17 bits per heavy atom. The van der Waals surface area contributed by atoms with Crippen LogP contribution in [0.2, 0.25) is 0 Å². The number of rotatable bonds is 0. The van der Waals surface area contributed by atoms with Gasteiger partial charge < -0.3 is 5.11 Å². The van der Waals surface area contributed by atoms with Crippen LogP contribution in [0.25, 0.3) is 10.1 Å². The van der Waals surface area contributed by atoms with Crippen LogP contribution in [0.15, 0.2) is 22.4 Å². The van der Waals surface area contributed by atoms with Crippen molar-refractivity contribution in [2.45, 2.75) is 4.90 Å². The summed E-state index contributed by atoms with van der Waals surface area (Å²) in [5.41, 5.74) is 0. The van der Waals surface area contributed by atoms with Gasteiger partial charge in [0, 0.05) is 19.0 Å². The number of phenols is 1. The normalized spacial score (nSPS) is 10.8. The first kappa shape index (κ1) is 8.65. The Bertz CT molecular complexity index is 436. The maximum absolute atomic E-state index is 9.38. The summed E-state index contributed by atoms with van der Waals surface area (Å²) in [6, 6.07) is 3.59. The second-order valence-electron chi connectivity index (χ2n) is 2.39. The van der Waals surface area contributed by atoms with Crippen molar-refractivity contribution >= 4 is 56.6 Å². The molecule has 0 atom stereocenters. The highest BCUT2D eigenvalue weighted by Crippen LogP contribution is 2.36. The minimum Gasteiger partial charge on any atom is -0.507 e. The lowest BCUT2D eigenvalue weighted by molar-refractivity contribution is 0.464. The number of halogens is 1. The molecule has 0 saturated carbocycles. The minimum absolute atomic E-state index is 0.252. The zero-order valence-corrected chi connectivity index (χ0v) is 9.78. The second-order valence-corrected chi connectivity index (χ2v) is 4.91. The molecule has 62 valence electrons. The maximum Gasteiger partial charge on any atom is 0.129 e. The fourth-order valence-electron chi connectivity index (χ4n) is 1.06. The van der Waals surface area contributed by atoms with E-state index in [2.05, 4.69) is 40.6 Å². The van der Waals surface area contributed by atoms with E-state index in [1.54, 1.807) is 17.4 Å². The van der Waals surface area contributed by atoms with Gasteiger partial charge in [0.05, 0.1) is 4.90 Å². The summed E-state index contributed by atoms with van der Waals surface area (Å²) in [6.07, 6.45) is 0. The molecule has 0 aliphatic carbocycles. The molecule has 0 spiro atoms. The van der Waals surface area contributed by atoms with E-state index in [-0.39, 0.29) is 5.75 Å². The molecule has 1 aromatic carbocycles. The van der Waals surface area contributed by atoms with Crippen LogP contribution in [-0.2, 0) is 0 Å². The van der Waals surface area contributed by atoms with Crippen LogP contribution in [0.3, 0.4) is 0 Å². The largest absolute Gasteiger partial charge is 0.507 e. The first-order chi connectivity index (χ1) is 5.70. The number of hydrogen-bond acceptors (Lipinski definition) is 3. The molecule has 12 heavy (non-hydrogen) atoms. The van der Waals surface area contributed by atoms with Gasteiger partial charge in [-0.15, -0.1) is 24.0 Å². The maximum atomic E-state index is 9.38. The van der Waals surface area contributed by atoms with Gasteiger partial charge in [-0.25, -0.2) is 0 Å². The number of aromatic hydroxyl groups is 1. The topological polar surface area (TPSA) is 20.2 Å². The smallest absolute Gasteiger partial charge is 0.129 e. The zero-order chi connectivity index (χ0) is 8.72. The number of fused-ring (bicyclic) bond motifs is 1. The van der Waals surface area contributed by atoms with Gasteiger partial charge in [0.2, 0.25) is 0 Å². The molecule has 0 fully saturated rings. The second kappa shape index (κ2) is 3.08. The Kier molecular flexibility index (Phi) is 2.22. The van der Waals surface area contributed by atoms with E-state index < -0.39 is 0 Å². The number of benzene rings is 1. The molecule has 0 aliphatic heterocycles. The van der Waals surface area contributed by atoms with E-state index in [0.29, 0.717) is 4.90 Å². The summed E-state index contributed by atoms with van der Waals surface area (Å²) in [6.45, 7) is 0. The van der Waals surface area contributed by atoms with E-state index in [1.807, 2.05) is 6.07 Å². The van der Waals surface area contributed by atoms with Crippen molar-refractivity contribution < 1.29 is 5.11 Å². The summed E-state index contributed by atoms with van der Waals surface area (Å²) in [4.78, 5) is 0.679. The molecule has 1 N–H and O–H groups in total. The molecular weight excluding hydrogens is 303 g/mol. The van der Waals surface area contributed by atoms with Gasteiger partial charge in [-0.3, -0.25) is 0 Å². The van der Waals surface area contributed by atoms with Gasteiger partial charge in [-0.2, -0.15) is 0 Å². The number of thiol groups is 1. The molecule has 2 rings (SSSR count). The van der Waals surface area contributed by atoms with Gasteiger partial charge in [0.1, 0.15) is 5.75 Å². The molecule has 0 unspecified atom stereocenters. The van der Waals surface area contributed by atoms with Crippen LogP contribution in [0.4, 0.5) is 0 Å². The fourth-order valence-corrected chi connectivity index (χ4v) is 3.62. The Morgan fingerprint density at radius 1 is 1.42 bits per heavy atom. The standard InChI is InChI=1S/C8H5IOS2/c9-4-3-12-6-2-1-5(10)8(11)7(4)6/h1-3,10-11H. The molecule has 2 aromatic rings. The fraction of sp³-hybridized carbons (Fsp3) is 0. The highest BCUT2D eigenvalue weighted by atomic mass is 127. The summed E-state index contributed by atoms with van der Waals surface area (Å²) in [7, 11) is 0. The van der Waals surface area contributed by atoms with Crippen molar-refractivity contribution in [3.05, 3.63) is 21.1 Å². The van der Waals surface area contributed by atoms with Crippen LogP contribution in [0, 0.1) is 3.57 Å². The van der Waals surface area contributed by atoms with Crippen molar-refractivity contribution in [3.8, 4) is 5.75 Å². The predicted octanol–water partition coefficient (Wildman–Crippen LogP) is 3.50. The third kappa shape index (κ3) is 1.22. The van der Waals surface area contributed by atoms with Gasteiger partial charge in [0.15, 0.2) is 0 Å². The summed E-state index contributed by atoms with van der Waals surface area (Å²) >= 11 is 8.17. The first-order valence-electron chi connectivity index (χ1n) is 3.28. The van der Waals surface area contributed by atoms with E-state index >= 15 is 0 Å². The van der Waals surface area contributed by atoms with Crippen molar-refractivity contribution in [2.75, 3.05) is 0 Å². The molecule has 1 nitrogen and oxygen atoms in total. The van der Waals surface area contributed by atoms with Gasteiger partial charge in [-0.05, 0) is 34.7 Å². The molecular formula is C8H5IOS2. The summed E-state index contributed by atoms with van der Waals surface area (Å²) in [5, 5.41) is 12.5. The lowest BCUT2D eigenvalue weighted by atomic mass is 10.2.